The Morgan fingerprint density at radius 2 is 1.65 bits per heavy atom. The summed E-state index contributed by atoms with van der Waals surface area (Å²) in [6, 6.07) is 27.4. The molecule has 34 heavy (non-hydrogen) atoms. The molecule has 0 radical (unpaired) electrons. The summed E-state index contributed by atoms with van der Waals surface area (Å²) >= 11 is 1.33. The lowest BCUT2D eigenvalue weighted by Gasteiger charge is -2.29. The van der Waals surface area contributed by atoms with Crippen LogP contribution in [0, 0.1) is 0 Å². The summed E-state index contributed by atoms with van der Waals surface area (Å²) in [5.41, 5.74) is 3.45. The number of hydrogen-bond donors (Lipinski definition) is 1. The minimum absolute atomic E-state index is 0.109. The van der Waals surface area contributed by atoms with E-state index in [9.17, 15) is 4.79 Å². The number of anilines is 2. The average Bonchev–Trinajstić information content (AvgIpc) is 2.89. The first-order chi connectivity index (χ1) is 16.7. The number of nitrogens with one attached hydrogen (secondary N) is 1. The van der Waals surface area contributed by atoms with Gasteiger partial charge in [-0.2, -0.15) is 0 Å². The quantitative estimate of drug-likeness (QED) is 0.283. The molecule has 5 rings (SSSR count). The second kappa shape index (κ2) is 10.4. The molecule has 170 valence electrons. The van der Waals surface area contributed by atoms with E-state index < -0.39 is 0 Å². The van der Waals surface area contributed by atoms with Gasteiger partial charge in [-0.1, -0.05) is 54.2 Å². The Kier molecular flexibility index (Phi) is 6.72. The van der Waals surface area contributed by atoms with Crippen LogP contribution in [0.15, 0.2) is 96.3 Å². The zero-order chi connectivity index (χ0) is 23.2. The molecule has 2 heterocycles. The number of fused-ring (bicyclic) bond motifs is 1. The van der Waals surface area contributed by atoms with Gasteiger partial charge in [0.1, 0.15) is 17.3 Å². The Morgan fingerprint density at radius 1 is 0.912 bits per heavy atom. The van der Waals surface area contributed by atoms with E-state index >= 15 is 0 Å². The third kappa shape index (κ3) is 5.55. The third-order valence-corrected chi connectivity index (χ3v) is 6.38. The highest BCUT2D eigenvalue weighted by Gasteiger charge is 2.17. The summed E-state index contributed by atoms with van der Waals surface area (Å²) in [6.07, 6.45) is 2.76. The minimum Gasteiger partial charge on any atom is -0.457 e. The fourth-order valence-corrected chi connectivity index (χ4v) is 4.45. The van der Waals surface area contributed by atoms with E-state index in [0.29, 0.717) is 16.6 Å². The summed E-state index contributed by atoms with van der Waals surface area (Å²) in [7, 11) is 0. The van der Waals surface area contributed by atoms with Gasteiger partial charge < -0.3 is 15.0 Å². The predicted molar refractivity (Wildman–Crippen MR) is 136 cm³/mol. The lowest BCUT2D eigenvalue weighted by Crippen LogP contribution is -2.31. The van der Waals surface area contributed by atoms with E-state index in [1.165, 1.54) is 22.9 Å². The number of hydrogen-bond acceptors (Lipinski definition) is 6. The number of carbonyl (C=O) groups excluding carboxylic acids is 1. The van der Waals surface area contributed by atoms with Crippen LogP contribution in [0.3, 0.4) is 0 Å². The Bertz CT molecular complexity index is 1270. The maximum Gasteiger partial charge on any atom is 0.234 e. The maximum absolute atomic E-state index is 12.5. The molecule has 0 fully saturated rings. The first-order valence-electron chi connectivity index (χ1n) is 11.1. The van der Waals surface area contributed by atoms with Crippen molar-refractivity contribution in [2.45, 2.75) is 18.1 Å². The molecule has 7 heteroatoms. The SMILES string of the molecule is O=C(CSc1nccc(N2CCc3ccccc3C2)n1)Nc1ccc(Oc2ccccc2)cc1. The first kappa shape index (κ1) is 22.0. The lowest BCUT2D eigenvalue weighted by molar-refractivity contribution is -0.113. The Hall–Kier alpha value is -3.84. The molecule has 0 unspecified atom stereocenters. The van der Waals surface area contributed by atoms with Crippen molar-refractivity contribution in [3.63, 3.8) is 0 Å². The molecule has 1 amide bonds. The van der Waals surface area contributed by atoms with Crippen molar-refractivity contribution >= 4 is 29.2 Å². The fraction of sp³-hybridized carbons (Fsp3) is 0.148. The van der Waals surface area contributed by atoms with E-state index in [0.717, 1.165) is 31.1 Å². The summed E-state index contributed by atoms with van der Waals surface area (Å²) in [5, 5.41) is 3.51. The largest absolute Gasteiger partial charge is 0.457 e. The number of para-hydroxylation sites is 1. The lowest BCUT2D eigenvalue weighted by atomic mass is 10.00. The number of thioether (sulfide) groups is 1. The van der Waals surface area contributed by atoms with E-state index in [-0.39, 0.29) is 11.7 Å². The highest BCUT2D eigenvalue weighted by molar-refractivity contribution is 7.99. The van der Waals surface area contributed by atoms with Gasteiger partial charge in [0.2, 0.25) is 5.91 Å². The van der Waals surface area contributed by atoms with Crippen molar-refractivity contribution in [3.05, 3.63) is 102 Å². The topological polar surface area (TPSA) is 67.4 Å². The number of ether oxygens (including phenoxy) is 1. The third-order valence-electron chi connectivity index (χ3n) is 5.52. The molecule has 0 atom stereocenters. The number of aromatic nitrogens is 2. The molecule has 0 aliphatic carbocycles. The average molecular weight is 469 g/mol. The molecule has 1 aliphatic rings. The summed E-state index contributed by atoms with van der Waals surface area (Å²) in [6.45, 7) is 1.75. The van der Waals surface area contributed by atoms with Gasteiger partial charge in [0.25, 0.3) is 0 Å². The molecule has 3 aromatic carbocycles. The van der Waals surface area contributed by atoms with E-state index in [2.05, 4.69) is 44.5 Å². The van der Waals surface area contributed by atoms with Gasteiger partial charge in [-0.25, -0.2) is 9.97 Å². The summed E-state index contributed by atoms with van der Waals surface area (Å²) in [4.78, 5) is 23.7. The second-order valence-electron chi connectivity index (χ2n) is 7.91. The first-order valence-corrected chi connectivity index (χ1v) is 12.1. The predicted octanol–water partition coefficient (Wildman–Crippen LogP) is 5.56. The number of amides is 1. The van der Waals surface area contributed by atoms with Crippen LogP contribution in [-0.2, 0) is 17.8 Å². The molecule has 6 nitrogen and oxygen atoms in total. The zero-order valence-corrected chi connectivity index (χ0v) is 19.4. The van der Waals surface area contributed by atoms with Gasteiger partial charge in [0.05, 0.1) is 5.75 Å². The van der Waals surface area contributed by atoms with Crippen LogP contribution in [0.5, 0.6) is 11.5 Å². The van der Waals surface area contributed by atoms with Gasteiger partial charge in [0.15, 0.2) is 5.16 Å². The maximum atomic E-state index is 12.5. The second-order valence-corrected chi connectivity index (χ2v) is 8.86. The Balaban J connectivity index is 1.14. The van der Waals surface area contributed by atoms with Crippen LogP contribution in [0.25, 0.3) is 0 Å². The highest BCUT2D eigenvalue weighted by atomic mass is 32.2. The monoisotopic (exact) mass is 468 g/mol. The molecule has 0 bridgehead atoms. The summed E-state index contributed by atoms with van der Waals surface area (Å²) in [5.74, 6) is 2.49. The van der Waals surface area contributed by atoms with Crippen molar-refractivity contribution < 1.29 is 9.53 Å². The van der Waals surface area contributed by atoms with Crippen LogP contribution in [0.1, 0.15) is 11.1 Å². The van der Waals surface area contributed by atoms with Crippen molar-refractivity contribution in [2.24, 2.45) is 0 Å². The van der Waals surface area contributed by atoms with Crippen molar-refractivity contribution in [3.8, 4) is 11.5 Å². The zero-order valence-electron chi connectivity index (χ0n) is 18.6. The molecular formula is C27H24N4O2S. The van der Waals surface area contributed by atoms with Gasteiger partial charge in [-0.05, 0) is 60.0 Å². The molecule has 1 N–H and O–H groups in total. The number of nitrogens with zero attached hydrogens (tertiary/aromatic N) is 3. The van der Waals surface area contributed by atoms with Crippen LogP contribution >= 0.6 is 11.8 Å². The van der Waals surface area contributed by atoms with Crippen LogP contribution in [-0.4, -0.2) is 28.2 Å². The molecular weight excluding hydrogens is 444 g/mol. The Morgan fingerprint density at radius 3 is 2.47 bits per heavy atom. The molecule has 0 saturated carbocycles. The van der Waals surface area contributed by atoms with Crippen molar-refractivity contribution in [2.75, 3.05) is 22.5 Å². The van der Waals surface area contributed by atoms with Crippen LogP contribution < -0.4 is 15.0 Å². The Labute approximate surface area is 203 Å². The standard InChI is InChI=1S/C27H24N4O2S/c32-26(29-22-10-12-24(13-11-22)33-23-8-2-1-3-9-23)19-34-27-28-16-14-25(30-27)31-17-15-20-6-4-5-7-21(20)18-31/h1-14,16H,15,17-19H2,(H,29,32). The van der Waals surface area contributed by atoms with Gasteiger partial charge >= 0.3 is 0 Å². The minimum atomic E-state index is -0.109. The number of carbonyl (C=O) groups is 1. The van der Waals surface area contributed by atoms with Crippen LogP contribution in [0.2, 0.25) is 0 Å². The van der Waals surface area contributed by atoms with Crippen LogP contribution in [0.4, 0.5) is 11.5 Å². The van der Waals surface area contributed by atoms with Crippen molar-refractivity contribution in [1.82, 2.24) is 9.97 Å². The number of rotatable bonds is 7. The van der Waals surface area contributed by atoms with Crippen molar-refractivity contribution in [1.29, 1.82) is 0 Å². The smallest absolute Gasteiger partial charge is 0.234 e. The normalized spacial score (nSPS) is 12.6. The molecule has 0 spiro atoms. The van der Waals surface area contributed by atoms with Gasteiger partial charge in [0, 0.05) is 25.0 Å². The summed E-state index contributed by atoms with van der Waals surface area (Å²) < 4.78 is 5.79. The van der Waals surface area contributed by atoms with E-state index in [1.807, 2.05) is 60.7 Å². The highest BCUT2D eigenvalue weighted by Crippen LogP contribution is 2.25. The molecule has 1 aliphatic heterocycles. The fourth-order valence-electron chi connectivity index (χ4n) is 3.83. The van der Waals surface area contributed by atoms with Gasteiger partial charge in [-0.3, -0.25) is 4.79 Å². The van der Waals surface area contributed by atoms with Gasteiger partial charge in [-0.15, -0.1) is 0 Å². The van der Waals surface area contributed by atoms with E-state index in [1.54, 1.807) is 6.20 Å². The molecule has 0 saturated heterocycles. The molecule has 1 aromatic heterocycles. The molecule has 4 aromatic rings. The van der Waals surface area contributed by atoms with E-state index in [4.69, 9.17) is 4.74 Å². The number of benzene rings is 3.